The zero-order valence-corrected chi connectivity index (χ0v) is 16.4. The van der Waals surface area contributed by atoms with Gasteiger partial charge in [0.05, 0.1) is 0 Å². The van der Waals surface area contributed by atoms with Crippen LogP contribution >= 0.6 is 0 Å². The van der Waals surface area contributed by atoms with Gasteiger partial charge in [-0.25, -0.2) is 0 Å². The van der Waals surface area contributed by atoms with E-state index in [0.717, 1.165) is 37.6 Å². The quantitative estimate of drug-likeness (QED) is 0.641. The van der Waals surface area contributed by atoms with Gasteiger partial charge in [-0.1, -0.05) is 0 Å². The SMILES string of the molecule is CCO[Si](OCC)(OCC)[SiH2]C12CC3CC(CC(C3)C1)C2. The lowest BCUT2D eigenvalue weighted by atomic mass is 9.56. The van der Waals surface area contributed by atoms with Crippen LogP contribution < -0.4 is 0 Å². The third-order valence-corrected chi connectivity index (χ3v) is 15.5. The fourth-order valence-corrected chi connectivity index (χ4v) is 17.2. The van der Waals surface area contributed by atoms with E-state index in [1.807, 2.05) is 0 Å². The molecule has 5 heteroatoms. The molecule has 4 aliphatic carbocycles. The highest BCUT2D eigenvalue weighted by molar-refractivity contribution is 7.15. The van der Waals surface area contributed by atoms with Crippen molar-refractivity contribution >= 4 is 17.4 Å². The monoisotopic (exact) mass is 328 g/mol. The van der Waals surface area contributed by atoms with E-state index in [1.54, 1.807) is 0 Å². The van der Waals surface area contributed by atoms with Crippen LogP contribution in [-0.4, -0.2) is 37.2 Å². The average Bonchev–Trinajstić information content (AvgIpc) is 2.37. The molecule has 0 heterocycles. The molecule has 0 aromatic rings. The van der Waals surface area contributed by atoms with E-state index in [1.165, 1.54) is 38.5 Å². The lowest BCUT2D eigenvalue weighted by Crippen LogP contribution is -2.59. The third-order valence-electron chi connectivity index (χ3n) is 5.85. The van der Waals surface area contributed by atoms with Crippen molar-refractivity contribution in [3.8, 4) is 0 Å². The highest BCUT2D eigenvalue weighted by Gasteiger charge is 2.57. The van der Waals surface area contributed by atoms with Gasteiger partial charge in [-0.15, -0.1) is 0 Å². The summed E-state index contributed by atoms with van der Waals surface area (Å²) < 4.78 is 18.6. The molecule has 0 spiro atoms. The topological polar surface area (TPSA) is 27.7 Å². The third kappa shape index (κ3) is 3.32. The van der Waals surface area contributed by atoms with E-state index in [9.17, 15) is 0 Å². The first kappa shape index (κ1) is 16.2. The first-order chi connectivity index (χ1) is 10.1. The van der Waals surface area contributed by atoms with Gasteiger partial charge in [0.15, 0.2) is 0 Å². The molecule has 4 rings (SSSR count). The highest BCUT2D eigenvalue weighted by atomic mass is 29.2. The lowest BCUT2D eigenvalue weighted by molar-refractivity contribution is 0.0259. The van der Waals surface area contributed by atoms with Crippen molar-refractivity contribution in [3.05, 3.63) is 0 Å². The maximum Gasteiger partial charge on any atom is 0.462 e. The molecular weight excluding hydrogens is 296 g/mol. The predicted octanol–water partition coefficient (Wildman–Crippen LogP) is 3.09. The summed E-state index contributed by atoms with van der Waals surface area (Å²) in [6.45, 7) is 8.50. The van der Waals surface area contributed by atoms with E-state index in [4.69, 9.17) is 13.3 Å². The summed E-state index contributed by atoms with van der Waals surface area (Å²) in [5.74, 6) is 3.04. The van der Waals surface area contributed by atoms with Gasteiger partial charge >= 0.3 is 8.32 Å². The fourth-order valence-electron chi connectivity index (χ4n) is 5.90. The summed E-state index contributed by atoms with van der Waals surface area (Å²) in [6, 6.07) is 0. The van der Waals surface area contributed by atoms with Crippen LogP contribution in [0.2, 0.25) is 5.04 Å². The molecule has 0 atom stereocenters. The Kier molecular flexibility index (Phi) is 4.96. The molecule has 0 unspecified atom stereocenters. The highest BCUT2D eigenvalue weighted by Crippen LogP contribution is 2.64. The van der Waals surface area contributed by atoms with E-state index < -0.39 is 17.4 Å². The Labute approximate surface area is 133 Å². The minimum Gasteiger partial charge on any atom is -0.377 e. The summed E-state index contributed by atoms with van der Waals surface area (Å²) in [5, 5.41) is 0.612. The summed E-state index contributed by atoms with van der Waals surface area (Å²) in [7, 11) is -2.82. The maximum atomic E-state index is 6.21. The Balaban J connectivity index is 1.77. The van der Waals surface area contributed by atoms with Gasteiger partial charge in [-0.05, 0) is 82.1 Å². The van der Waals surface area contributed by atoms with Gasteiger partial charge in [0.1, 0.15) is 9.04 Å². The first-order valence-electron chi connectivity index (χ1n) is 9.04. The van der Waals surface area contributed by atoms with Crippen molar-refractivity contribution in [1.29, 1.82) is 0 Å². The van der Waals surface area contributed by atoms with Crippen LogP contribution in [0.1, 0.15) is 59.3 Å². The zero-order chi connectivity index (χ0) is 14.9. The normalized spacial score (nSPS) is 38.7. The Morgan fingerprint density at radius 1 is 0.810 bits per heavy atom. The van der Waals surface area contributed by atoms with Crippen LogP contribution in [0.4, 0.5) is 0 Å². The Morgan fingerprint density at radius 3 is 1.52 bits per heavy atom. The second-order valence-electron chi connectivity index (χ2n) is 7.58. The molecule has 122 valence electrons. The van der Waals surface area contributed by atoms with Crippen LogP contribution in [0.5, 0.6) is 0 Å². The second kappa shape index (κ2) is 6.44. The molecule has 0 N–H and O–H groups in total. The van der Waals surface area contributed by atoms with E-state index in [-0.39, 0.29) is 0 Å². The molecule has 4 saturated carbocycles. The van der Waals surface area contributed by atoms with Crippen molar-refractivity contribution in [2.45, 2.75) is 64.3 Å². The van der Waals surface area contributed by atoms with E-state index in [2.05, 4.69) is 20.8 Å². The summed E-state index contributed by atoms with van der Waals surface area (Å²) in [6.07, 6.45) is 8.94. The van der Waals surface area contributed by atoms with Gasteiger partial charge in [-0.2, -0.15) is 0 Å². The summed E-state index contributed by atoms with van der Waals surface area (Å²) in [4.78, 5) is 0. The molecule has 4 fully saturated rings. The zero-order valence-electron chi connectivity index (χ0n) is 14.0. The predicted molar refractivity (Wildman–Crippen MR) is 90.0 cm³/mol. The Bertz CT molecular complexity index is 309. The van der Waals surface area contributed by atoms with Crippen LogP contribution in [-0.2, 0) is 13.3 Å². The Hall–Kier alpha value is 0.314. The van der Waals surface area contributed by atoms with Crippen LogP contribution in [0.15, 0.2) is 0 Å². The second-order valence-corrected chi connectivity index (χ2v) is 15.3. The van der Waals surface area contributed by atoms with Crippen molar-refractivity contribution in [1.82, 2.24) is 0 Å². The van der Waals surface area contributed by atoms with Crippen molar-refractivity contribution < 1.29 is 13.3 Å². The smallest absolute Gasteiger partial charge is 0.377 e. The molecule has 0 amide bonds. The van der Waals surface area contributed by atoms with Crippen molar-refractivity contribution in [2.24, 2.45) is 17.8 Å². The number of hydrogen-bond acceptors (Lipinski definition) is 3. The molecule has 21 heavy (non-hydrogen) atoms. The minimum absolute atomic E-state index is 0.477. The molecule has 4 aliphatic rings. The molecule has 0 aliphatic heterocycles. The van der Waals surface area contributed by atoms with Gasteiger partial charge in [0.25, 0.3) is 0 Å². The van der Waals surface area contributed by atoms with Crippen molar-refractivity contribution in [3.63, 3.8) is 0 Å². The Morgan fingerprint density at radius 2 is 1.19 bits per heavy atom. The molecule has 0 saturated heterocycles. The van der Waals surface area contributed by atoms with Gasteiger partial charge in [-0.3, -0.25) is 0 Å². The summed E-state index contributed by atoms with van der Waals surface area (Å²) >= 11 is 0. The van der Waals surface area contributed by atoms with E-state index >= 15 is 0 Å². The molecule has 0 radical (unpaired) electrons. The van der Waals surface area contributed by atoms with Crippen LogP contribution in [0.3, 0.4) is 0 Å². The average molecular weight is 329 g/mol. The van der Waals surface area contributed by atoms with Gasteiger partial charge in [0.2, 0.25) is 0 Å². The molecule has 3 nitrogen and oxygen atoms in total. The van der Waals surface area contributed by atoms with Crippen molar-refractivity contribution in [2.75, 3.05) is 19.8 Å². The maximum absolute atomic E-state index is 6.21. The number of rotatable bonds is 8. The lowest BCUT2D eigenvalue weighted by Gasteiger charge is -2.57. The van der Waals surface area contributed by atoms with E-state index in [0.29, 0.717) is 5.04 Å². The standard InChI is InChI=1S/C16H32O3Si2/c1-4-17-21(18-5-2,19-6-3)20-16-10-13-7-14(11-16)9-15(8-13)12-16/h13-15H,4-12,20H2,1-3H3. The minimum atomic E-state index is -2.34. The number of hydrogen-bond donors (Lipinski definition) is 0. The summed E-state index contributed by atoms with van der Waals surface area (Å²) in [5.41, 5.74) is 0. The molecule has 0 aromatic carbocycles. The first-order valence-corrected chi connectivity index (χ1v) is 13.8. The van der Waals surface area contributed by atoms with Crippen LogP contribution in [0.25, 0.3) is 0 Å². The molecular formula is C16H32O3Si2. The van der Waals surface area contributed by atoms with Gasteiger partial charge < -0.3 is 13.3 Å². The molecule has 4 bridgehead atoms. The van der Waals surface area contributed by atoms with Gasteiger partial charge in [0, 0.05) is 19.8 Å². The fraction of sp³-hybridized carbons (Fsp3) is 1.00. The van der Waals surface area contributed by atoms with Crippen LogP contribution in [0, 0.1) is 17.8 Å². The largest absolute Gasteiger partial charge is 0.462 e. The molecule has 0 aromatic heterocycles.